The summed E-state index contributed by atoms with van der Waals surface area (Å²) >= 11 is 0. The highest BCUT2D eigenvalue weighted by Crippen LogP contribution is 2.43. The molecule has 0 bridgehead atoms. The van der Waals surface area contributed by atoms with Crippen molar-refractivity contribution < 1.29 is 4.79 Å². The third-order valence-electron chi connectivity index (χ3n) is 3.99. The number of fused-ring (bicyclic) bond motifs is 1. The molecule has 1 saturated carbocycles. The monoisotopic (exact) mass is 243 g/mol. The third kappa shape index (κ3) is 1.41. The average Bonchev–Trinajstić information content (AvgIpc) is 2.72. The van der Waals surface area contributed by atoms with E-state index in [1.807, 2.05) is 26.1 Å². The molecule has 3 rings (SSSR count). The molecule has 1 fully saturated rings. The highest BCUT2D eigenvalue weighted by Gasteiger charge is 2.46. The van der Waals surface area contributed by atoms with Crippen molar-refractivity contribution in [3.05, 3.63) is 24.8 Å². The van der Waals surface area contributed by atoms with Crippen molar-refractivity contribution in [1.29, 1.82) is 0 Å². The predicted octanol–water partition coefficient (Wildman–Crippen LogP) is 2.54. The minimum absolute atomic E-state index is 0.0624. The van der Waals surface area contributed by atoms with Gasteiger partial charge in [-0.25, -0.2) is 9.97 Å². The normalized spacial score (nSPS) is 17.9. The van der Waals surface area contributed by atoms with E-state index in [2.05, 4.69) is 14.5 Å². The molecule has 4 nitrogen and oxygen atoms in total. The largest absolute Gasteiger partial charge is 0.332 e. The van der Waals surface area contributed by atoms with Gasteiger partial charge in [-0.2, -0.15) is 0 Å². The molecule has 0 saturated heterocycles. The van der Waals surface area contributed by atoms with Gasteiger partial charge in [-0.15, -0.1) is 0 Å². The molecule has 2 aromatic heterocycles. The molecule has 1 aliphatic carbocycles. The van der Waals surface area contributed by atoms with Crippen LogP contribution in [0.5, 0.6) is 0 Å². The Morgan fingerprint density at radius 2 is 2.22 bits per heavy atom. The van der Waals surface area contributed by atoms with Crippen molar-refractivity contribution >= 4 is 16.8 Å². The van der Waals surface area contributed by atoms with Crippen LogP contribution in [0.2, 0.25) is 0 Å². The van der Waals surface area contributed by atoms with E-state index in [-0.39, 0.29) is 11.5 Å². The Bertz CT molecular complexity index is 596. The first kappa shape index (κ1) is 11.4. The summed E-state index contributed by atoms with van der Waals surface area (Å²) in [5, 5.41) is 0. The molecule has 2 heterocycles. The lowest BCUT2D eigenvalue weighted by Crippen LogP contribution is -2.49. The van der Waals surface area contributed by atoms with Crippen molar-refractivity contribution in [2.24, 2.45) is 5.92 Å². The predicted molar refractivity (Wildman–Crippen MR) is 69.2 cm³/mol. The molecule has 0 aliphatic heterocycles. The SMILES string of the molecule is CC(C)C(=O)C1(n2ccc3ncncc32)CCC1. The van der Waals surface area contributed by atoms with E-state index in [9.17, 15) is 4.79 Å². The zero-order valence-corrected chi connectivity index (χ0v) is 10.8. The second kappa shape index (κ2) is 3.90. The number of aromatic nitrogens is 3. The Morgan fingerprint density at radius 1 is 1.44 bits per heavy atom. The van der Waals surface area contributed by atoms with Gasteiger partial charge < -0.3 is 4.57 Å². The van der Waals surface area contributed by atoms with Crippen LogP contribution >= 0.6 is 0 Å². The van der Waals surface area contributed by atoms with Crippen LogP contribution in [0.25, 0.3) is 11.0 Å². The molecule has 0 spiro atoms. The molecule has 0 unspecified atom stereocenters. The minimum atomic E-state index is -0.347. The molecule has 0 radical (unpaired) electrons. The molecular formula is C14H17N3O. The topological polar surface area (TPSA) is 47.8 Å². The van der Waals surface area contributed by atoms with E-state index >= 15 is 0 Å². The Balaban J connectivity index is 2.15. The quantitative estimate of drug-likeness (QED) is 0.832. The van der Waals surface area contributed by atoms with Gasteiger partial charge in [0.1, 0.15) is 11.9 Å². The highest BCUT2D eigenvalue weighted by atomic mass is 16.1. The first-order valence-electron chi connectivity index (χ1n) is 6.47. The summed E-state index contributed by atoms with van der Waals surface area (Å²) in [4.78, 5) is 20.8. The molecular weight excluding hydrogens is 226 g/mol. The molecule has 0 atom stereocenters. The van der Waals surface area contributed by atoms with Crippen LogP contribution in [0.15, 0.2) is 24.8 Å². The lowest BCUT2D eigenvalue weighted by molar-refractivity contribution is -0.135. The third-order valence-corrected chi connectivity index (χ3v) is 3.99. The van der Waals surface area contributed by atoms with Gasteiger partial charge in [-0.3, -0.25) is 4.79 Å². The Morgan fingerprint density at radius 3 is 2.83 bits per heavy atom. The summed E-state index contributed by atoms with van der Waals surface area (Å²) in [5.41, 5.74) is 1.53. The van der Waals surface area contributed by atoms with Crippen LogP contribution < -0.4 is 0 Å². The van der Waals surface area contributed by atoms with Crippen molar-refractivity contribution in [2.75, 3.05) is 0 Å². The average molecular weight is 243 g/mol. The van der Waals surface area contributed by atoms with Gasteiger partial charge in [-0.05, 0) is 25.3 Å². The van der Waals surface area contributed by atoms with Crippen LogP contribution in [-0.2, 0) is 10.3 Å². The maximum Gasteiger partial charge on any atom is 0.161 e. The Labute approximate surface area is 106 Å². The van der Waals surface area contributed by atoms with Crippen molar-refractivity contribution in [3.8, 4) is 0 Å². The number of hydrogen-bond acceptors (Lipinski definition) is 3. The van der Waals surface area contributed by atoms with Gasteiger partial charge in [0.25, 0.3) is 0 Å². The Hall–Kier alpha value is -1.71. The molecule has 1 aliphatic rings. The summed E-state index contributed by atoms with van der Waals surface area (Å²) in [6.45, 7) is 3.95. The van der Waals surface area contributed by atoms with Gasteiger partial charge in [0.15, 0.2) is 5.78 Å². The second-order valence-corrected chi connectivity index (χ2v) is 5.38. The van der Waals surface area contributed by atoms with Gasteiger partial charge in [-0.1, -0.05) is 13.8 Å². The molecule has 0 aromatic carbocycles. The van der Waals surface area contributed by atoms with E-state index in [0.29, 0.717) is 5.78 Å². The summed E-state index contributed by atoms with van der Waals surface area (Å²) in [7, 11) is 0. The maximum absolute atomic E-state index is 12.5. The molecule has 94 valence electrons. The van der Waals surface area contributed by atoms with Crippen molar-refractivity contribution in [1.82, 2.24) is 14.5 Å². The van der Waals surface area contributed by atoms with Crippen LogP contribution in [-0.4, -0.2) is 20.3 Å². The number of rotatable bonds is 3. The number of Topliss-reactive ketones (excluding diaryl/α,β-unsaturated/α-hetero) is 1. The zero-order valence-electron chi connectivity index (χ0n) is 10.8. The first-order chi connectivity index (χ1) is 8.65. The molecule has 4 heteroatoms. The smallest absolute Gasteiger partial charge is 0.161 e. The first-order valence-corrected chi connectivity index (χ1v) is 6.47. The van der Waals surface area contributed by atoms with E-state index in [0.717, 1.165) is 30.3 Å². The van der Waals surface area contributed by atoms with Crippen LogP contribution in [0.4, 0.5) is 0 Å². The highest BCUT2D eigenvalue weighted by molar-refractivity contribution is 5.91. The summed E-state index contributed by atoms with van der Waals surface area (Å²) in [6, 6.07) is 1.96. The fourth-order valence-corrected chi connectivity index (χ4v) is 2.90. The standard InChI is InChI=1S/C14H17N3O/c1-10(2)13(18)14(5-3-6-14)17-7-4-11-12(17)8-15-9-16-11/h4,7-10H,3,5-6H2,1-2H3. The van der Waals surface area contributed by atoms with Gasteiger partial charge in [0.05, 0.1) is 17.2 Å². The van der Waals surface area contributed by atoms with E-state index in [1.54, 1.807) is 12.5 Å². The summed E-state index contributed by atoms with van der Waals surface area (Å²) < 4.78 is 2.09. The molecule has 18 heavy (non-hydrogen) atoms. The van der Waals surface area contributed by atoms with Gasteiger partial charge in [0, 0.05) is 12.1 Å². The lowest BCUT2D eigenvalue weighted by Gasteiger charge is -2.43. The lowest BCUT2D eigenvalue weighted by atomic mass is 9.70. The molecule has 2 aromatic rings. The van der Waals surface area contributed by atoms with Crippen LogP contribution in [0.3, 0.4) is 0 Å². The fourth-order valence-electron chi connectivity index (χ4n) is 2.90. The second-order valence-electron chi connectivity index (χ2n) is 5.38. The molecule has 0 amide bonds. The van der Waals surface area contributed by atoms with Crippen molar-refractivity contribution in [2.45, 2.75) is 38.6 Å². The number of hydrogen-bond donors (Lipinski definition) is 0. The minimum Gasteiger partial charge on any atom is -0.332 e. The van der Waals surface area contributed by atoms with Crippen LogP contribution in [0, 0.1) is 5.92 Å². The van der Waals surface area contributed by atoms with Gasteiger partial charge in [0.2, 0.25) is 0 Å². The van der Waals surface area contributed by atoms with E-state index in [1.165, 1.54) is 0 Å². The molecule has 0 N–H and O–H groups in total. The maximum atomic E-state index is 12.5. The summed E-state index contributed by atoms with van der Waals surface area (Å²) in [6.07, 6.45) is 8.32. The Kier molecular flexibility index (Phi) is 2.47. The van der Waals surface area contributed by atoms with E-state index < -0.39 is 0 Å². The summed E-state index contributed by atoms with van der Waals surface area (Å²) in [5.74, 6) is 0.391. The number of nitrogens with zero attached hydrogens (tertiary/aromatic N) is 3. The zero-order chi connectivity index (χ0) is 12.8. The van der Waals surface area contributed by atoms with Crippen LogP contribution in [0.1, 0.15) is 33.1 Å². The van der Waals surface area contributed by atoms with E-state index in [4.69, 9.17) is 0 Å². The number of carbonyl (C=O) groups excluding carboxylic acids is 1. The number of ketones is 1. The fraction of sp³-hybridized carbons (Fsp3) is 0.500. The van der Waals surface area contributed by atoms with Gasteiger partial charge >= 0.3 is 0 Å². The van der Waals surface area contributed by atoms with Crippen molar-refractivity contribution in [3.63, 3.8) is 0 Å². The number of carbonyl (C=O) groups is 1.